The van der Waals surface area contributed by atoms with E-state index in [0.29, 0.717) is 22.4 Å². The Labute approximate surface area is 156 Å². The van der Waals surface area contributed by atoms with Crippen LogP contribution >= 0.6 is 22.9 Å². The van der Waals surface area contributed by atoms with Crippen LogP contribution in [-0.2, 0) is 11.2 Å². The Kier molecular flexibility index (Phi) is 5.51. The second-order valence-electron chi connectivity index (χ2n) is 6.03. The van der Waals surface area contributed by atoms with E-state index in [9.17, 15) is 4.79 Å². The van der Waals surface area contributed by atoms with Gasteiger partial charge in [0.05, 0.1) is 12.1 Å². The van der Waals surface area contributed by atoms with Crippen molar-refractivity contribution in [2.45, 2.75) is 26.2 Å². The molecule has 0 unspecified atom stereocenters. The van der Waals surface area contributed by atoms with Crippen LogP contribution in [0.3, 0.4) is 0 Å². The minimum Gasteiger partial charge on any atom is -0.426 e. The molecule has 0 saturated carbocycles. The lowest BCUT2D eigenvalue weighted by molar-refractivity contribution is -0.133. The van der Waals surface area contributed by atoms with Crippen molar-refractivity contribution in [2.75, 3.05) is 0 Å². The highest BCUT2D eigenvalue weighted by Gasteiger charge is 2.11. The summed E-state index contributed by atoms with van der Waals surface area (Å²) in [7, 11) is 0. The van der Waals surface area contributed by atoms with Crippen LogP contribution in [0, 0.1) is 0 Å². The van der Waals surface area contributed by atoms with Crippen LogP contribution in [0.4, 0.5) is 0 Å². The number of hydrogen-bond donors (Lipinski definition) is 0. The average molecular weight is 372 g/mol. The first-order valence-corrected chi connectivity index (χ1v) is 9.28. The maximum Gasteiger partial charge on any atom is 0.317 e. The molecule has 128 valence electrons. The van der Waals surface area contributed by atoms with Gasteiger partial charge in [0.2, 0.25) is 0 Å². The van der Waals surface area contributed by atoms with Gasteiger partial charge in [0.25, 0.3) is 0 Å². The van der Waals surface area contributed by atoms with Crippen molar-refractivity contribution in [1.82, 2.24) is 4.98 Å². The Morgan fingerprint density at radius 2 is 1.96 bits per heavy atom. The zero-order valence-electron chi connectivity index (χ0n) is 14.0. The monoisotopic (exact) mass is 371 g/mol. The lowest BCUT2D eigenvalue weighted by Gasteiger charge is -2.07. The predicted octanol–water partition coefficient (Wildman–Crippen LogP) is 5.74. The van der Waals surface area contributed by atoms with E-state index in [1.807, 2.05) is 53.9 Å². The highest BCUT2D eigenvalue weighted by molar-refractivity contribution is 7.13. The van der Waals surface area contributed by atoms with E-state index in [1.165, 1.54) is 16.9 Å². The lowest BCUT2D eigenvalue weighted by atomic mass is 10.0. The molecule has 5 heteroatoms. The third kappa shape index (κ3) is 4.68. The van der Waals surface area contributed by atoms with Crippen molar-refractivity contribution in [3.8, 4) is 16.3 Å². The number of carbonyl (C=O) groups is 1. The number of carbonyl (C=O) groups excluding carboxylic acids is 1. The zero-order chi connectivity index (χ0) is 17.8. The molecule has 1 heterocycles. The van der Waals surface area contributed by atoms with Crippen LogP contribution in [0.25, 0.3) is 10.6 Å². The molecule has 0 atom stereocenters. The van der Waals surface area contributed by atoms with Crippen molar-refractivity contribution in [3.05, 3.63) is 70.2 Å². The molecule has 0 fully saturated rings. The number of aromatic nitrogens is 1. The van der Waals surface area contributed by atoms with Crippen LogP contribution in [-0.4, -0.2) is 11.0 Å². The molecule has 2 aromatic carbocycles. The quantitative estimate of drug-likeness (QED) is 0.424. The third-order valence-electron chi connectivity index (χ3n) is 3.73. The molecule has 0 radical (unpaired) electrons. The molecule has 3 aromatic rings. The molecule has 0 amide bonds. The average Bonchev–Trinajstić information content (AvgIpc) is 3.03. The van der Waals surface area contributed by atoms with Gasteiger partial charge in [0, 0.05) is 16.0 Å². The summed E-state index contributed by atoms with van der Waals surface area (Å²) in [5, 5.41) is 3.38. The van der Waals surface area contributed by atoms with Gasteiger partial charge in [-0.05, 0) is 35.7 Å². The molecule has 0 bridgehead atoms. The summed E-state index contributed by atoms with van der Waals surface area (Å²) in [6, 6.07) is 15.1. The second kappa shape index (κ2) is 7.81. The molecule has 0 N–H and O–H groups in total. The van der Waals surface area contributed by atoms with Crippen molar-refractivity contribution >= 4 is 28.9 Å². The van der Waals surface area contributed by atoms with Gasteiger partial charge in [0.1, 0.15) is 10.8 Å². The molecule has 0 saturated heterocycles. The number of hydrogen-bond acceptors (Lipinski definition) is 4. The molecule has 0 spiro atoms. The summed E-state index contributed by atoms with van der Waals surface area (Å²) < 4.78 is 5.39. The Balaban J connectivity index is 1.63. The topological polar surface area (TPSA) is 39.2 Å². The van der Waals surface area contributed by atoms with E-state index in [-0.39, 0.29) is 12.4 Å². The zero-order valence-corrected chi connectivity index (χ0v) is 15.6. The highest BCUT2D eigenvalue weighted by Crippen LogP contribution is 2.26. The molecule has 3 nitrogen and oxygen atoms in total. The number of thiazole rings is 1. The number of ether oxygens (including phenoxy) is 1. The summed E-state index contributed by atoms with van der Waals surface area (Å²) in [5.74, 6) is 0.685. The minimum absolute atomic E-state index is 0.142. The molecular formula is C20H18ClNO2S. The van der Waals surface area contributed by atoms with Gasteiger partial charge in [-0.15, -0.1) is 11.3 Å². The standard InChI is InChI=1S/C20H18ClNO2S/c1-13(2)14-6-8-18(9-7-14)24-19(23)11-17-12-25-20(22-17)15-4-3-5-16(21)10-15/h3-10,12-13H,11H2,1-2H3. The minimum atomic E-state index is -0.319. The fraction of sp³-hybridized carbons (Fsp3) is 0.200. The summed E-state index contributed by atoms with van der Waals surface area (Å²) in [4.78, 5) is 16.6. The van der Waals surface area contributed by atoms with Gasteiger partial charge in [-0.1, -0.05) is 49.7 Å². The molecule has 25 heavy (non-hydrogen) atoms. The Bertz CT molecular complexity index is 871. The van der Waals surface area contributed by atoms with Crippen molar-refractivity contribution < 1.29 is 9.53 Å². The van der Waals surface area contributed by atoms with Crippen molar-refractivity contribution in [3.63, 3.8) is 0 Å². The van der Waals surface area contributed by atoms with Crippen molar-refractivity contribution in [2.24, 2.45) is 0 Å². The Morgan fingerprint density at radius 1 is 1.20 bits per heavy atom. The third-order valence-corrected chi connectivity index (χ3v) is 4.90. The summed E-state index contributed by atoms with van der Waals surface area (Å²) >= 11 is 7.50. The van der Waals surface area contributed by atoms with E-state index in [4.69, 9.17) is 16.3 Å². The van der Waals surface area contributed by atoms with Gasteiger partial charge < -0.3 is 4.74 Å². The Morgan fingerprint density at radius 3 is 2.64 bits per heavy atom. The van der Waals surface area contributed by atoms with E-state index >= 15 is 0 Å². The molecule has 0 aliphatic carbocycles. The van der Waals surface area contributed by atoms with Gasteiger partial charge in [0.15, 0.2) is 0 Å². The first-order valence-electron chi connectivity index (χ1n) is 8.02. The fourth-order valence-corrected chi connectivity index (χ4v) is 3.39. The van der Waals surface area contributed by atoms with Crippen LogP contribution in [0.1, 0.15) is 31.0 Å². The molecule has 0 aliphatic heterocycles. The van der Waals surface area contributed by atoms with Crippen LogP contribution in [0.5, 0.6) is 5.75 Å². The van der Waals surface area contributed by atoms with Gasteiger partial charge in [-0.3, -0.25) is 4.79 Å². The van der Waals surface area contributed by atoms with Crippen molar-refractivity contribution in [1.29, 1.82) is 0 Å². The SMILES string of the molecule is CC(C)c1ccc(OC(=O)Cc2csc(-c3cccc(Cl)c3)n2)cc1. The largest absolute Gasteiger partial charge is 0.426 e. The number of halogens is 1. The smallest absolute Gasteiger partial charge is 0.317 e. The van der Waals surface area contributed by atoms with E-state index in [2.05, 4.69) is 18.8 Å². The maximum atomic E-state index is 12.1. The predicted molar refractivity (Wildman–Crippen MR) is 102 cm³/mol. The maximum absolute atomic E-state index is 12.1. The van der Waals surface area contributed by atoms with Gasteiger partial charge in [-0.2, -0.15) is 0 Å². The summed E-state index contributed by atoms with van der Waals surface area (Å²) in [5.41, 5.74) is 2.86. The number of rotatable bonds is 5. The Hall–Kier alpha value is -2.17. The second-order valence-corrected chi connectivity index (χ2v) is 7.32. The molecule has 0 aliphatic rings. The highest BCUT2D eigenvalue weighted by atomic mass is 35.5. The summed E-state index contributed by atoms with van der Waals surface area (Å²) in [6.07, 6.45) is 0.142. The number of benzene rings is 2. The molecule has 1 aromatic heterocycles. The fourth-order valence-electron chi connectivity index (χ4n) is 2.38. The first-order chi connectivity index (χ1) is 12.0. The van der Waals surface area contributed by atoms with Gasteiger partial charge >= 0.3 is 5.97 Å². The van der Waals surface area contributed by atoms with Crippen LogP contribution in [0.2, 0.25) is 5.02 Å². The van der Waals surface area contributed by atoms with Gasteiger partial charge in [-0.25, -0.2) is 4.98 Å². The number of esters is 1. The van der Waals surface area contributed by atoms with Crippen LogP contribution < -0.4 is 4.74 Å². The lowest BCUT2D eigenvalue weighted by Crippen LogP contribution is -2.11. The normalized spacial score (nSPS) is 10.9. The molecule has 3 rings (SSSR count). The molecular weight excluding hydrogens is 354 g/mol. The first kappa shape index (κ1) is 17.6. The van der Waals surface area contributed by atoms with E-state index < -0.39 is 0 Å². The summed E-state index contributed by atoms with van der Waals surface area (Å²) in [6.45, 7) is 4.25. The van der Waals surface area contributed by atoms with Crippen LogP contribution in [0.15, 0.2) is 53.9 Å². The van der Waals surface area contributed by atoms with E-state index in [0.717, 1.165) is 10.6 Å². The van der Waals surface area contributed by atoms with E-state index in [1.54, 1.807) is 0 Å². The number of nitrogens with zero attached hydrogens (tertiary/aromatic N) is 1.